The molecule has 7 nitrogen and oxygen atoms in total. The van der Waals surface area contributed by atoms with Crippen LogP contribution in [0.25, 0.3) is 11.0 Å². The molecule has 0 bridgehead atoms. The van der Waals surface area contributed by atoms with E-state index in [4.69, 9.17) is 9.72 Å². The van der Waals surface area contributed by atoms with Gasteiger partial charge in [-0.1, -0.05) is 31.0 Å². The Balaban J connectivity index is 1.47. The van der Waals surface area contributed by atoms with E-state index in [1.54, 1.807) is 13.3 Å². The second kappa shape index (κ2) is 7.05. The molecule has 0 N–H and O–H groups in total. The number of nitrogens with zero attached hydrogens (tertiary/aromatic N) is 5. The molecule has 7 heteroatoms. The number of para-hydroxylation sites is 1. The van der Waals surface area contributed by atoms with Crippen molar-refractivity contribution < 1.29 is 4.74 Å². The van der Waals surface area contributed by atoms with E-state index in [0.29, 0.717) is 24.5 Å². The first-order chi connectivity index (χ1) is 13.7. The molecule has 0 radical (unpaired) electrons. The van der Waals surface area contributed by atoms with Crippen LogP contribution >= 0.6 is 0 Å². The number of hydrogen-bond donors (Lipinski definition) is 0. The number of aromatic nitrogens is 4. The van der Waals surface area contributed by atoms with Gasteiger partial charge in [0.2, 0.25) is 0 Å². The second-order valence-electron chi connectivity index (χ2n) is 7.77. The lowest BCUT2D eigenvalue weighted by Gasteiger charge is -2.29. The maximum atomic E-state index is 13.0. The van der Waals surface area contributed by atoms with Crippen molar-refractivity contribution >= 4 is 11.0 Å². The predicted molar refractivity (Wildman–Crippen MR) is 106 cm³/mol. The first kappa shape index (κ1) is 17.4. The molecule has 2 aromatic heterocycles. The Morgan fingerprint density at radius 3 is 2.82 bits per heavy atom. The SMILES string of the molecule is COc1ccccc1CN1CCn2c(nc3c(cnn3C3CCCC3)c2=O)C1. The highest BCUT2D eigenvalue weighted by molar-refractivity contribution is 5.73. The van der Waals surface area contributed by atoms with Gasteiger partial charge in [-0.2, -0.15) is 5.10 Å². The van der Waals surface area contributed by atoms with Crippen molar-refractivity contribution in [2.45, 2.75) is 51.4 Å². The summed E-state index contributed by atoms with van der Waals surface area (Å²) in [4.78, 5) is 20.2. The van der Waals surface area contributed by atoms with Crippen molar-refractivity contribution in [1.82, 2.24) is 24.2 Å². The van der Waals surface area contributed by atoms with E-state index in [-0.39, 0.29) is 5.56 Å². The van der Waals surface area contributed by atoms with Gasteiger partial charge in [-0.3, -0.25) is 14.3 Å². The minimum Gasteiger partial charge on any atom is -0.496 e. The van der Waals surface area contributed by atoms with Gasteiger partial charge in [0.15, 0.2) is 5.65 Å². The van der Waals surface area contributed by atoms with E-state index in [1.807, 2.05) is 27.4 Å². The van der Waals surface area contributed by atoms with Gasteiger partial charge in [0, 0.05) is 25.2 Å². The summed E-state index contributed by atoms with van der Waals surface area (Å²) in [5, 5.41) is 5.18. The molecular weight excluding hydrogens is 354 g/mol. The Kier molecular flexibility index (Phi) is 4.39. The van der Waals surface area contributed by atoms with Crippen LogP contribution in [0.4, 0.5) is 0 Å². The maximum Gasteiger partial charge on any atom is 0.264 e. The lowest BCUT2D eigenvalue weighted by molar-refractivity contribution is 0.202. The van der Waals surface area contributed by atoms with Crippen molar-refractivity contribution in [3.05, 3.63) is 52.2 Å². The average Bonchev–Trinajstić information content (AvgIpc) is 3.38. The van der Waals surface area contributed by atoms with Gasteiger partial charge in [0.1, 0.15) is 17.0 Å². The average molecular weight is 379 g/mol. The zero-order chi connectivity index (χ0) is 19.1. The quantitative estimate of drug-likeness (QED) is 0.697. The van der Waals surface area contributed by atoms with Crippen molar-refractivity contribution in [3.63, 3.8) is 0 Å². The first-order valence-electron chi connectivity index (χ1n) is 10.1. The summed E-state index contributed by atoms with van der Waals surface area (Å²) in [6.07, 6.45) is 6.40. The summed E-state index contributed by atoms with van der Waals surface area (Å²) in [5.74, 6) is 1.73. The summed E-state index contributed by atoms with van der Waals surface area (Å²) in [7, 11) is 1.70. The maximum absolute atomic E-state index is 13.0. The van der Waals surface area contributed by atoms with Crippen molar-refractivity contribution in [2.75, 3.05) is 13.7 Å². The first-order valence-corrected chi connectivity index (χ1v) is 10.1. The zero-order valence-corrected chi connectivity index (χ0v) is 16.2. The Morgan fingerprint density at radius 2 is 2.00 bits per heavy atom. The summed E-state index contributed by atoms with van der Waals surface area (Å²) >= 11 is 0. The van der Waals surface area contributed by atoms with E-state index in [1.165, 1.54) is 12.8 Å². The van der Waals surface area contributed by atoms with Gasteiger partial charge in [0.25, 0.3) is 5.56 Å². The van der Waals surface area contributed by atoms with Gasteiger partial charge in [-0.15, -0.1) is 0 Å². The third-order valence-electron chi connectivity index (χ3n) is 6.05. The molecule has 0 spiro atoms. The Labute approximate surface area is 163 Å². The molecule has 0 unspecified atom stereocenters. The highest BCUT2D eigenvalue weighted by Crippen LogP contribution is 2.31. The largest absolute Gasteiger partial charge is 0.496 e. The molecular formula is C21H25N5O2. The lowest BCUT2D eigenvalue weighted by Crippen LogP contribution is -2.39. The third kappa shape index (κ3) is 2.90. The number of fused-ring (bicyclic) bond motifs is 2. The minimum atomic E-state index is 0.0428. The lowest BCUT2D eigenvalue weighted by atomic mass is 10.1. The molecule has 28 heavy (non-hydrogen) atoms. The van der Waals surface area contributed by atoms with Gasteiger partial charge in [-0.25, -0.2) is 9.67 Å². The van der Waals surface area contributed by atoms with Crippen molar-refractivity contribution in [2.24, 2.45) is 0 Å². The highest BCUT2D eigenvalue weighted by atomic mass is 16.5. The van der Waals surface area contributed by atoms with E-state index in [9.17, 15) is 4.79 Å². The van der Waals surface area contributed by atoms with Crippen LogP contribution < -0.4 is 10.3 Å². The van der Waals surface area contributed by atoms with Crippen LogP contribution in [0.5, 0.6) is 5.75 Å². The van der Waals surface area contributed by atoms with Gasteiger partial charge in [0.05, 0.1) is 25.9 Å². The molecule has 3 aromatic rings. The van der Waals surface area contributed by atoms with Crippen LogP contribution in [0.1, 0.15) is 43.1 Å². The molecule has 1 fully saturated rings. The number of ether oxygens (including phenoxy) is 1. The molecule has 0 atom stereocenters. The Morgan fingerprint density at radius 1 is 1.18 bits per heavy atom. The van der Waals surface area contributed by atoms with Gasteiger partial charge in [-0.05, 0) is 18.9 Å². The highest BCUT2D eigenvalue weighted by Gasteiger charge is 2.25. The molecule has 2 aliphatic rings. The van der Waals surface area contributed by atoms with Crippen LogP contribution in [0, 0.1) is 0 Å². The predicted octanol–water partition coefficient (Wildman–Crippen LogP) is 2.73. The van der Waals surface area contributed by atoms with Crippen LogP contribution in [0.15, 0.2) is 35.3 Å². The molecule has 1 aliphatic carbocycles. The van der Waals surface area contributed by atoms with E-state index >= 15 is 0 Å². The molecule has 1 aromatic carbocycles. The van der Waals surface area contributed by atoms with Gasteiger partial charge >= 0.3 is 0 Å². The topological polar surface area (TPSA) is 65.2 Å². The molecule has 1 aliphatic heterocycles. The molecule has 146 valence electrons. The fourth-order valence-electron chi connectivity index (χ4n) is 4.56. The van der Waals surface area contributed by atoms with Crippen molar-refractivity contribution in [1.29, 1.82) is 0 Å². The van der Waals surface area contributed by atoms with E-state index in [2.05, 4.69) is 16.1 Å². The molecule has 1 saturated carbocycles. The second-order valence-corrected chi connectivity index (χ2v) is 7.77. The number of methoxy groups -OCH3 is 1. The molecule has 5 rings (SSSR count). The van der Waals surface area contributed by atoms with Crippen molar-refractivity contribution in [3.8, 4) is 5.75 Å². The smallest absolute Gasteiger partial charge is 0.264 e. The van der Waals surface area contributed by atoms with E-state index < -0.39 is 0 Å². The minimum absolute atomic E-state index is 0.0428. The van der Waals surface area contributed by atoms with Crippen LogP contribution in [0.3, 0.4) is 0 Å². The third-order valence-corrected chi connectivity index (χ3v) is 6.05. The van der Waals surface area contributed by atoms with Crippen LogP contribution in [0.2, 0.25) is 0 Å². The normalized spacial score (nSPS) is 17.9. The van der Waals surface area contributed by atoms with Crippen LogP contribution in [-0.4, -0.2) is 37.9 Å². The zero-order valence-electron chi connectivity index (χ0n) is 16.2. The number of hydrogen-bond acceptors (Lipinski definition) is 5. The van der Waals surface area contributed by atoms with E-state index in [0.717, 1.165) is 48.7 Å². The summed E-state index contributed by atoms with van der Waals surface area (Å²) in [6, 6.07) is 8.46. The number of rotatable bonds is 4. The molecule has 0 saturated heterocycles. The fraction of sp³-hybridized carbons (Fsp3) is 0.476. The monoisotopic (exact) mass is 379 g/mol. The molecule has 3 heterocycles. The number of benzene rings is 1. The fourth-order valence-corrected chi connectivity index (χ4v) is 4.56. The standard InChI is InChI=1S/C21H25N5O2/c1-28-18-9-5-2-6-15(18)13-24-10-11-25-19(14-24)23-20-17(21(25)27)12-22-26(20)16-7-3-4-8-16/h2,5-6,9,12,16H,3-4,7-8,10-11,13-14H2,1H3. The van der Waals surface area contributed by atoms with Gasteiger partial charge < -0.3 is 4.74 Å². The summed E-state index contributed by atoms with van der Waals surface area (Å²) in [6.45, 7) is 2.90. The summed E-state index contributed by atoms with van der Waals surface area (Å²) < 4.78 is 9.30. The summed E-state index contributed by atoms with van der Waals surface area (Å²) in [5.41, 5.74) is 1.95. The Hall–Kier alpha value is -2.67. The molecule has 0 amide bonds. The Bertz CT molecular complexity index is 1060. The van der Waals surface area contributed by atoms with Crippen LogP contribution in [-0.2, 0) is 19.6 Å².